The lowest BCUT2D eigenvalue weighted by Crippen LogP contribution is -2.30. The summed E-state index contributed by atoms with van der Waals surface area (Å²) in [5.41, 5.74) is 2.26. The molecule has 7 nitrogen and oxygen atoms in total. The molecule has 1 N–H and O–H groups in total. The van der Waals surface area contributed by atoms with Gasteiger partial charge in [0.1, 0.15) is 5.58 Å². The van der Waals surface area contributed by atoms with Gasteiger partial charge in [-0.1, -0.05) is 25.4 Å². The van der Waals surface area contributed by atoms with Crippen LogP contribution in [0.1, 0.15) is 30.0 Å². The SMILES string of the molecule is CCN(CC)S(=O)(=O)c1ccc(N(C)C)c(NC(=O)c2oc3ccc(Cl)cc3c2C)c1. The molecule has 31 heavy (non-hydrogen) atoms. The van der Waals surface area contributed by atoms with Gasteiger partial charge in [0.15, 0.2) is 5.76 Å². The minimum atomic E-state index is -3.67. The first-order valence-corrected chi connectivity index (χ1v) is 11.7. The van der Waals surface area contributed by atoms with Crippen LogP contribution in [0, 0.1) is 6.92 Å². The molecule has 0 atom stereocenters. The average molecular weight is 464 g/mol. The van der Waals surface area contributed by atoms with Crippen LogP contribution in [0.2, 0.25) is 5.02 Å². The van der Waals surface area contributed by atoms with Gasteiger partial charge < -0.3 is 14.6 Å². The summed E-state index contributed by atoms with van der Waals surface area (Å²) in [7, 11) is -0.0397. The molecule has 3 rings (SSSR count). The summed E-state index contributed by atoms with van der Waals surface area (Å²) in [5, 5.41) is 4.12. The fraction of sp³-hybridized carbons (Fsp3) is 0.318. The van der Waals surface area contributed by atoms with Crippen molar-refractivity contribution in [2.75, 3.05) is 37.4 Å². The van der Waals surface area contributed by atoms with Crippen LogP contribution in [0.5, 0.6) is 0 Å². The number of amides is 1. The van der Waals surface area contributed by atoms with E-state index >= 15 is 0 Å². The zero-order chi connectivity index (χ0) is 22.9. The highest BCUT2D eigenvalue weighted by atomic mass is 35.5. The Morgan fingerprint density at radius 3 is 2.39 bits per heavy atom. The Morgan fingerprint density at radius 2 is 1.77 bits per heavy atom. The van der Waals surface area contributed by atoms with Gasteiger partial charge in [0.2, 0.25) is 10.0 Å². The molecule has 0 aliphatic carbocycles. The Bertz CT molecular complexity index is 1230. The molecule has 0 aliphatic rings. The van der Waals surface area contributed by atoms with E-state index < -0.39 is 15.9 Å². The summed E-state index contributed by atoms with van der Waals surface area (Å²) >= 11 is 6.07. The van der Waals surface area contributed by atoms with Gasteiger partial charge in [-0.3, -0.25) is 4.79 Å². The predicted molar refractivity (Wildman–Crippen MR) is 125 cm³/mol. The van der Waals surface area contributed by atoms with Crippen LogP contribution in [0.15, 0.2) is 45.7 Å². The van der Waals surface area contributed by atoms with Crippen LogP contribution >= 0.6 is 11.6 Å². The van der Waals surface area contributed by atoms with Crippen molar-refractivity contribution in [3.63, 3.8) is 0 Å². The molecule has 1 aromatic heterocycles. The average Bonchev–Trinajstić information content (AvgIpc) is 3.04. The van der Waals surface area contributed by atoms with Gasteiger partial charge in [-0.25, -0.2) is 8.42 Å². The van der Waals surface area contributed by atoms with Crippen molar-refractivity contribution >= 4 is 49.9 Å². The largest absolute Gasteiger partial charge is 0.451 e. The number of hydrogen-bond acceptors (Lipinski definition) is 5. The molecule has 1 heterocycles. The van der Waals surface area contributed by atoms with Crippen LogP contribution in [0.4, 0.5) is 11.4 Å². The molecule has 166 valence electrons. The van der Waals surface area contributed by atoms with Crippen LogP contribution < -0.4 is 10.2 Å². The topological polar surface area (TPSA) is 82.9 Å². The molecule has 3 aromatic rings. The van der Waals surface area contributed by atoms with E-state index in [9.17, 15) is 13.2 Å². The van der Waals surface area contributed by atoms with Gasteiger partial charge in [0.05, 0.1) is 16.3 Å². The van der Waals surface area contributed by atoms with Gasteiger partial charge in [0.25, 0.3) is 5.91 Å². The van der Waals surface area contributed by atoms with Gasteiger partial charge in [0, 0.05) is 43.2 Å². The molecule has 0 saturated carbocycles. The summed E-state index contributed by atoms with van der Waals surface area (Å²) in [5.74, 6) is -0.315. The number of nitrogens with zero attached hydrogens (tertiary/aromatic N) is 2. The second-order valence-corrected chi connectivity index (χ2v) is 9.69. The first-order valence-electron chi connectivity index (χ1n) is 9.91. The molecule has 9 heteroatoms. The molecule has 2 aromatic carbocycles. The standard InChI is InChI=1S/C22H26ClN3O4S/c1-6-26(7-2)31(28,29)16-9-10-19(25(4)5)18(13-16)24-22(27)21-14(3)17-12-15(23)8-11-20(17)30-21/h8-13H,6-7H2,1-5H3,(H,24,27). The maximum atomic E-state index is 13.1. The molecule has 0 bridgehead atoms. The van der Waals surface area contributed by atoms with Crippen molar-refractivity contribution in [1.29, 1.82) is 0 Å². The maximum Gasteiger partial charge on any atom is 0.291 e. The number of benzene rings is 2. The molecular weight excluding hydrogens is 438 g/mol. The fourth-order valence-corrected chi connectivity index (χ4v) is 5.12. The number of fused-ring (bicyclic) bond motifs is 1. The van der Waals surface area contributed by atoms with Crippen molar-refractivity contribution in [1.82, 2.24) is 4.31 Å². The number of anilines is 2. The molecule has 0 saturated heterocycles. The summed E-state index contributed by atoms with van der Waals surface area (Å²) in [4.78, 5) is 15.0. The van der Waals surface area contributed by atoms with E-state index in [0.717, 1.165) is 5.39 Å². The van der Waals surface area contributed by atoms with Crippen molar-refractivity contribution < 1.29 is 17.6 Å². The molecule has 1 amide bonds. The quantitative estimate of drug-likeness (QED) is 0.547. The first-order chi connectivity index (χ1) is 14.6. The highest BCUT2D eigenvalue weighted by Crippen LogP contribution is 2.32. The van der Waals surface area contributed by atoms with Gasteiger partial charge in [-0.2, -0.15) is 4.31 Å². The lowest BCUT2D eigenvalue weighted by atomic mass is 10.1. The summed E-state index contributed by atoms with van der Waals surface area (Å²) in [6, 6.07) is 9.86. The molecular formula is C22H26ClN3O4S. The van der Waals surface area contributed by atoms with E-state index in [0.29, 0.717) is 40.6 Å². The predicted octanol–water partition coefficient (Wildman–Crippen LogP) is 4.74. The summed E-state index contributed by atoms with van der Waals surface area (Å²) < 4.78 is 33.0. The number of rotatable bonds is 7. The number of sulfonamides is 1. The van der Waals surface area contributed by atoms with E-state index in [4.69, 9.17) is 16.0 Å². The number of carbonyl (C=O) groups is 1. The normalized spacial score (nSPS) is 11.8. The lowest BCUT2D eigenvalue weighted by molar-refractivity contribution is 0.0998. The van der Waals surface area contributed by atoms with E-state index in [1.165, 1.54) is 10.4 Å². The Hall–Kier alpha value is -2.55. The molecule has 0 aliphatic heterocycles. The van der Waals surface area contributed by atoms with E-state index in [2.05, 4.69) is 5.32 Å². The van der Waals surface area contributed by atoms with Crippen molar-refractivity contribution in [2.24, 2.45) is 0 Å². The monoisotopic (exact) mass is 463 g/mol. The van der Waals surface area contributed by atoms with Gasteiger partial charge >= 0.3 is 0 Å². The number of halogens is 1. The third kappa shape index (κ3) is 4.42. The summed E-state index contributed by atoms with van der Waals surface area (Å²) in [6.45, 7) is 6.07. The third-order valence-electron chi connectivity index (χ3n) is 5.15. The zero-order valence-electron chi connectivity index (χ0n) is 18.2. The molecule has 0 radical (unpaired) electrons. The zero-order valence-corrected chi connectivity index (χ0v) is 19.8. The molecule has 0 fully saturated rings. The minimum Gasteiger partial charge on any atom is -0.451 e. The van der Waals surface area contributed by atoms with Crippen LogP contribution in [-0.2, 0) is 10.0 Å². The first kappa shape index (κ1) is 23.1. The Morgan fingerprint density at radius 1 is 1.10 bits per heavy atom. The van der Waals surface area contributed by atoms with Crippen molar-refractivity contribution in [3.05, 3.63) is 52.7 Å². The molecule has 0 unspecified atom stereocenters. The second-order valence-electron chi connectivity index (χ2n) is 7.31. The number of nitrogens with one attached hydrogen (secondary N) is 1. The van der Waals surface area contributed by atoms with E-state index in [-0.39, 0.29) is 10.7 Å². The lowest BCUT2D eigenvalue weighted by Gasteiger charge is -2.22. The Kier molecular flexibility index (Phi) is 6.64. The maximum absolute atomic E-state index is 13.1. The van der Waals surface area contributed by atoms with Crippen LogP contribution in [0.3, 0.4) is 0 Å². The third-order valence-corrected chi connectivity index (χ3v) is 7.43. The minimum absolute atomic E-state index is 0.116. The second kappa shape index (κ2) is 8.90. The highest BCUT2D eigenvalue weighted by molar-refractivity contribution is 7.89. The highest BCUT2D eigenvalue weighted by Gasteiger charge is 2.25. The Balaban J connectivity index is 2.04. The van der Waals surface area contributed by atoms with Crippen LogP contribution in [0.25, 0.3) is 11.0 Å². The van der Waals surface area contributed by atoms with Gasteiger partial charge in [-0.15, -0.1) is 0 Å². The number of furan rings is 1. The van der Waals surface area contributed by atoms with Crippen LogP contribution in [-0.4, -0.2) is 45.8 Å². The van der Waals surface area contributed by atoms with E-state index in [1.54, 1.807) is 56.0 Å². The molecule has 0 spiro atoms. The van der Waals surface area contributed by atoms with Crippen molar-refractivity contribution in [3.8, 4) is 0 Å². The number of carbonyl (C=O) groups excluding carboxylic acids is 1. The fourth-order valence-electron chi connectivity index (χ4n) is 3.47. The van der Waals surface area contributed by atoms with Crippen molar-refractivity contribution in [2.45, 2.75) is 25.7 Å². The summed E-state index contributed by atoms with van der Waals surface area (Å²) in [6.07, 6.45) is 0. The Labute approximate surface area is 187 Å². The van der Waals surface area contributed by atoms with Gasteiger partial charge in [-0.05, 0) is 43.3 Å². The smallest absolute Gasteiger partial charge is 0.291 e. The number of aryl methyl sites for hydroxylation is 1. The number of hydrogen-bond donors (Lipinski definition) is 1. The van der Waals surface area contributed by atoms with E-state index in [1.807, 2.05) is 14.1 Å².